The highest BCUT2D eigenvalue weighted by atomic mass is 16.5. The molecular formula is C16H24N2O3. The van der Waals surface area contributed by atoms with E-state index in [9.17, 15) is 4.79 Å². The summed E-state index contributed by atoms with van der Waals surface area (Å²) in [6.07, 6.45) is 0.976. The van der Waals surface area contributed by atoms with Gasteiger partial charge in [0.15, 0.2) is 0 Å². The van der Waals surface area contributed by atoms with E-state index in [-0.39, 0.29) is 18.1 Å². The average molecular weight is 292 g/mol. The summed E-state index contributed by atoms with van der Waals surface area (Å²) in [5.41, 5.74) is 1.81. The summed E-state index contributed by atoms with van der Waals surface area (Å²) < 4.78 is 11.1. The van der Waals surface area contributed by atoms with Gasteiger partial charge in [-0.25, -0.2) is 0 Å². The highest BCUT2D eigenvalue weighted by Crippen LogP contribution is 2.34. The maximum atomic E-state index is 12.0. The topological polar surface area (TPSA) is 59.6 Å². The summed E-state index contributed by atoms with van der Waals surface area (Å²) in [6.45, 7) is 8.06. The fourth-order valence-electron chi connectivity index (χ4n) is 2.36. The molecule has 0 saturated carbocycles. The summed E-state index contributed by atoms with van der Waals surface area (Å²) in [7, 11) is 0. The van der Waals surface area contributed by atoms with Gasteiger partial charge in [-0.2, -0.15) is 0 Å². The van der Waals surface area contributed by atoms with Gasteiger partial charge in [0.2, 0.25) is 5.91 Å². The van der Waals surface area contributed by atoms with Crippen molar-refractivity contribution < 1.29 is 14.3 Å². The number of ether oxygens (including phenoxy) is 2. The van der Waals surface area contributed by atoms with Crippen LogP contribution in [0.5, 0.6) is 5.75 Å². The van der Waals surface area contributed by atoms with Crippen LogP contribution in [0.3, 0.4) is 0 Å². The fourth-order valence-corrected chi connectivity index (χ4v) is 2.36. The van der Waals surface area contributed by atoms with E-state index in [4.69, 9.17) is 9.47 Å². The highest BCUT2D eigenvalue weighted by molar-refractivity contribution is 6.02. The number of carbonyl (C=O) groups is 1. The van der Waals surface area contributed by atoms with E-state index in [1.54, 1.807) is 0 Å². The fraction of sp³-hybridized carbons (Fsp3) is 0.562. The third-order valence-corrected chi connectivity index (χ3v) is 3.35. The molecular weight excluding hydrogens is 268 g/mol. The Labute approximate surface area is 126 Å². The van der Waals surface area contributed by atoms with Gasteiger partial charge in [0.05, 0.1) is 6.61 Å². The predicted octanol–water partition coefficient (Wildman–Crippen LogP) is 2.48. The smallest absolute Gasteiger partial charge is 0.246 e. The van der Waals surface area contributed by atoms with Gasteiger partial charge < -0.3 is 20.1 Å². The predicted molar refractivity (Wildman–Crippen MR) is 82.7 cm³/mol. The Bertz CT molecular complexity index is 490. The molecule has 0 radical (unpaired) electrons. The first-order valence-corrected chi connectivity index (χ1v) is 7.58. The molecule has 0 aromatic heterocycles. The monoisotopic (exact) mass is 292 g/mol. The number of anilines is 1. The Balaban J connectivity index is 2.03. The molecule has 5 nitrogen and oxygen atoms in total. The largest absolute Gasteiger partial charge is 0.488 e. The molecule has 2 N–H and O–H groups in total. The SMILES string of the molecule is CCCNC1C(=O)Nc2cc(OC(C)COCC)ccc21. The van der Waals surface area contributed by atoms with Gasteiger partial charge in [0, 0.05) is 23.9 Å². The zero-order valence-electron chi connectivity index (χ0n) is 12.9. The number of rotatable bonds is 8. The first kappa shape index (κ1) is 15.8. The van der Waals surface area contributed by atoms with Gasteiger partial charge in [0.25, 0.3) is 0 Å². The number of benzene rings is 1. The van der Waals surface area contributed by atoms with Crippen LogP contribution >= 0.6 is 0 Å². The molecule has 0 saturated heterocycles. The first-order valence-electron chi connectivity index (χ1n) is 7.58. The second-order valence-corrected chi connectivity index (χ2v) is 5.21. The molecule has 2 atom stereocenters. The molecule has 1 aromatic rings. The minimum atomic E-state index is -0.255. The second kappa shape index (κ2) is 7.43. The molecule has 0 aliphatic carbocycles. The van der Waals surface area contributed by atoms with Gasteiger partial charge in [0.1, 0.15) is 17.9 Å². The van der Waals surface area contributed by atoms with E-state index in [0.717, 1.165) is 30.0 Å². The number of hydrogen-bond donors (Lipinski definition) is 2. The Hall–Kier alpha value is -1.59. The standard InChI is InChI=1S/C16H24N2O3/c1-4-8-17-15-13-7-6-12(9-14(13)18-16(15)19)21-11(3)10-20-5-2/h6-7,9,11,15,17H,4-5,8,10H2,1-3H3,(H,18,19). The highest BCUT2D eigenvalue weighted by Gasteiger charge is 2.30. The lowest BCUT2D eigenvalue weighted by Gasteiger charge is -2.15. The van der Waals surface area contributed by atoms with Gasteiger partial charge in [-0.15, -0.1) is 0 Å². The number of hydrogen-bond acceptors (Lipinski definition) is 4. The quantitative estimate of drug-likeness (QED) is 0.773. The van der Waals surface area contributed by atoms with Crippen molar-refractivity contribution in [2.75, 3.05) is 25.1 Å². The van der Waals surface area contributed by atoms with E-state index in [1.165, 1.54) is 0 Å². The Kier molecular flexibility index (Phi) is 5.59. The molecule has 1 heterocycles. The molecule has 2 rings (SSSR count). The third kappa shape index (κ3) is 3.95. The number of nitrogens with one attached hydrogen (secondary N) is 2. The Morgan fingerprint density at radius 1 is 1.38 bits per heavy atom. The molecule has 0 fully saturated rings. The lowest BCUT2D eigenvalue weighted by molar-refractivity contribution is -0.117. The minimum absolute atomic E-state index is 0.00188. The van der Waals surface area contributed by atoms with Gasteiger partial charge >= 0.3 is 0 Å². The van der Waals surface area contributed by atoms with Crippen molar-refractivity contribution in [1.82, 2.24) is 5.32 Å². The van der Waals surface area contributed by atoms with Crippen LogP contribution in [0.15, 0.2) is 18.2 Å². The third-order valence-electron chi connectivity index (χ3n) is 3.35. The van der Waals surface area contributed by atoms with Crippen molar-refractivity contribution >= 4 is 11.6 Å². The summed E-state index contributed by atoms with van der Waals surface area (Å²) in [5.74, 6) is 0.746. The second-order valence-electron chi connectivity index (χ2n) is 5.21. The Morgan fingerprint density at radius 2 is 2.19 bits per heavy atom. The molecule has 21 heavy (non-hydrogen) atoms. The van der Waals surface area contributed by atoms with E-state index in [1.807, 2.05) is 32.0 Å². The van der Waals surface area contributed by atoms with Crippen molar-refractivity contribution in [3.63, 3.8) is 0 Å². The Morgan fingerprint density at radius 3 is 2.90 bits per heavy atom. The molecule has 1 aliphatic heterocycles. The normalized spacial score (nSPS) is 18.2. The maximum absolute atomic E-state index is 12.0. The number of amides is 1. The van der Waals surface area contributed by atoms with Crippen molar-refractivity contribution in [2.45, 2.75) is 39.3 Å². The lowest BCUT2D eigenvalue weighted by Crippen LogP contribution is -2.27. The first-order chi connectivity index (χ1) is 10.2. The van der Waals surface area contributed by atoms with E-state index in [0.29, 0.717) is 13.2 Å². The van der Waals surface area contributed by atoms with Gasteiger partial charge in [-0.1, -0.05) is 13.0 Å². The van der Waals surface area contributed by atoms with Crippen molar-refractivity contribution in [3.05, 3.63) is 23.8 Å². The molecule has 116 valence electrons. The maximum Gasteiger partial charge on any atom is 0.246 e. The van der Waals surface area contributed by atoms with Gasteiger partial charge in [-0.05, 0) is 32.9 Å². The van der Waals surface area contributed by atoms with E-state index in [2.05, 4.69) is 17.6 Å². The van der Waals surface area contributed by atoms with Gasteiger partial charge in [-0.3, -0.25) is 4.79 Å². The van der Waals surface area contributed by atoms with Crippen LogP contribution < -0.4 is 15.4 Å². The molecule has 0 spiro atoms. The van der Waals surface area contributed by atoms with Crippen LogP contribution in [0.4, 0.5) is 5.69 Å². The molecule has 1 aromatic carbocycles. The molecule has 1 amide bonds. The van der Waals surface area contributed by atoms with Crippen molar-refractivity contribution in [1.29, 1.82) is 0 Å². The van der Waals surface area contributed by atoms with Crippen LogP contribution in [0.1, 0.15) is 38.8 Å². The zero-order valence-corrected chi connectivity index (χ0v) is 12.9. The summed E-state index contributed by atoms with van der Waals surface area (Å²) in [5, 5.41) is 6.15. The van der Waals surface area contributed by atoms with Crippen LogP contribution in [0.2, 0.25) is 0 Å². The van der Waals surface area contributed by atoms with Crippen LogP contribution in [-0.2, 0) is 9.53 Å². The summed E-state index contributed by atoms with van der Waals surface area (Å²) in [4.78, 5) is 12.0. The van der Waals surface area contributed by atoms with E-state index < -0.39 is 0 Å². The zero-order chi connectivity index (χ0) is 15.2. The number of fused-ring (bicyclic) bond motifs is 1. The number of carbonyl (C=O) groups excluding carboxylic acids is 1. The average Bonchev–Trinajstić information content (AvgIpc) is 2.77. The van der Waals surface area contributed by atoms with Crippen molar-refractivity contribution in [2.24, 2.45) is 0 Å². The lowest BCUT2D eigenvalue weighted by atomic mass is 10.1. The molecule has 5 heteroatoms. The molecule has 2 unspecified atom stereocenters. The molecule has 1 aliphatic rings. The van der Waals surface area contributed by atoms with Crippen LogP contribution in [-0.4, -0.2) is 31.8 Å². The summed E-state index contributed by atoms with van der Waals surface area (Å²) >= 11 is 0. The van der Waals surface area contributed by atoms with E-state index >= 15 is 0 Å². The van der Waals surface area contributed by atoms with Crippen LogP contribution in [0.25, 0.3) is 0 Å². The van der Waals surface area contributed by atoms with Crippen LogP contribution in [0, 0.1) is 0 Å². The van der Waals surface area contributed by atoms with Crippen molar-refractivity contribution in [3.8, 4) is 5.75 Å². The molecule has 0 bridgehead atoms. The minimum Gasteiger partial charge on any atom is -0.488 e. The summed E-state index contributed by atoms with van der Waals surface area (Å²) in [6, 6.07) is 5.48.